The van der Waals surface area contributed by atoms with E-state index in [1.807, 2.05) is 6.92 Å². The Kier molecular flexibility index (Phi) is 3.82. The Bertz CT molecular complexity index is 530. The summed E-state index contributed by atoms with van der Waals surface area (Å²) in [6.07, 6.45) is 2.76. The molecular formula is C14H16FN3O. The molecule has 1 fully saturated rings. The van der Waals surface area contributed by atoms with Crippen molar-refractivity contribution < 1.29 is 9.18 Å². The number of anilines is 1. The first-order valence-corrected chi connectivity index (χ1v) is 6.32. The lowest BCUT2D eigenvalue weighted by molar-refractivity contribution is -0.122. The van der Waals surface area contributed by atoms with E-state index in [-0.39, 0.29) is 17.2 Å². The van der Waals surface area contributed by atoms with Gasteiger partial charge in [0.15, 0.2) is 0 Å². The number of hydrogen-bond donors (Lipinski definition) is 2. The summed E-state index contributed by atoms with van der Waals surface area (Å²) >= 11 is 0. The van der Waals surface area contributed by atoms with Crippen molar-refractivity contribution in [1.29, 1.82) is 5.26 Å². The normalized spacial score (nSPS) is 22.6. The Morgan fingerprint density at radius 1 is 1.53 bits per heavy atom. The molecule has 0 bridgehead atoms. The highest BCUT2D eigenvalue weighted by molar-refractivity contribution is 5.98. The van der Waals surface area contributed by atoms with Crippen LogP contribution in [0.2, 0.25) is 0 Å². The highest BCUT2D eigenvalue weighted by Crippen LogP contribution is 2.23. The molecule has 4 nitrogen and oxygen atoms in total. The standard InChI is InChI=1S/C14H16FN3O/c1-14(7-2-3-8-17-14)13(19)18-12-6-4-5-11(15)10(12)9-16/h4-6,17H,2-3,7-8H2,1H3,(H,18,19). The maximum absolute atomic E-state index is 13.4. The summed E-state index contributed by atoms with van der Waals surface area (Å²) in [5.41, 5.74) is -0.562. The van der Waals surface area contributed by atoms with Gasteiger partial charge in [-0.25, -0.2) is 4.39 Å². The number of carbonyl (C=O) groups excluding carboxylic acids is 1. The van der Waals surface area contributed by atoms with E-state index in [0.29, 0.717) is 0 Å². The van der Waals surface area contributed by atoms with Gasteiger partial charge in [0.25, 0.3) is 0 Å². The van der Waals surface area contributed by atoms with Crippen LogP contribution >= 0.6 is 0 Å². The minimum atomic E-state index is -0.655. The topological polar surface area (TPSA) is 64.9 Å². The molecule has 1 unspecified atom stereocenters. The number of nitrogens with one attached hydrogen (secondary N) is 2. The summed E-state index contributed by atoms with van der Waals surface area (Å²) in [5.74, 6) is -0.851. The fraction of sp³-hybridized carbons (Fsp3) is 0.429. The van der Waals surface area contributed by atoms with Crippen LogP contribution in [0.4, 0.5) is 10.1 Å². The van der Waals surface area contributed by atoms with Crippen molar-refractivity contribution in [2.75, 3.05) is 11.9 Å². The number of benzene rings is 1. The van der Waals surface area contributed by atoms with Crippen molar-refractivity contribution in [2.24, 2.45) is 0 Å². The molecule has 0 spiro atoms. The van der Waals surface area contributed by atoms with Crippen LogP contribution in [-0.4, -0.2) is 18.0 Å². The lowest BCUT2D eigenvalue weighted by Crippen LogP contribution is -2.54. The SMILES string of the molecule is CC1(C(=O)Nc2cccc(F)c2C#N)CCCCN1. The fourth-order valence-corrected chi connectivity index (χ4v) is 2.25. The second kappa shape index (κ2) is 5.37. The quantitative estimate of drug-likeness (QED) is 0.857. The van der Waals surface area contributed by atoms with E-state index >= 15 is 0 Å². The van der Waals surface area contributed by atoms with E-state index in [1.54, 1.807) is 6.07 Å². The van der Waals surface area contributed by atoms with E-state index in [0.717, 1.165) is 25.8 Å². The first kappa shape index (κ1) is 13.5. The molecule has 2 rings (SSSR count). The van der Waals surface area contributed by atoms with Crippen LogP contribution in [0.25, 0.3) is 0 Å². The number of rotatable bonds is 2. The summed E-state index contributed by atoms with van der Waals surface area (Å²) < 4.78 is 13.4. The van der Waals surface area contributed by atoms with Crippen LogP contribution in [0.5, 0.6) is 0 Å². The van der Waals surface area contributed by atoms with Gasteiger partial charge in [-0.1, -0.05) is 6.07 Å². The van der Waals surface area contributed by atoms with Gasteiger partial charge in [0, 0.05) is 0 Å². The summed E-state index contributed by atoms with van der Waals surface area (Å²) in [6.45, 7) is 2.62. The van der Waals surface area contributed by atoms with Gasteiger partial charge in [0.2, 0.25) is 5.91 Å². The van der Waals surface area contributed by atoms with Gasteiger partial charge < -0.3 is 10.6 Å². The maximum Gasteiger partial charge on any atom is 0.244 e. The average Bonchev–Trinajstić information content (AvgIpc) is 2.40. The minimum absolute atomic E-state index is 0.129. The predicted octanol–water partition coefficient (Wildman–Crippen LogP) is 2.17. The van der Waals surface area contributed by atoms with Crippen molar-refractivity contribution in [3.63, 3.8) is 0 Å². The number of piperidine rings is 1. The molecule has 0 radical (unpaired) electrons. The van der Waals surface area contributed by atoms with E-state index in [4.69, 9.17) is 5.26 Å². The molecular weight excluding hydrogens is 245 g/mol. The monoisotopic (exact) mass is 261 g/mol. The molecule has 1 aromatic rings. The third-order valence-electron chi connectivity index (χ3n) is 3.49. The van der Waals surface area contributed by atoms with Crippen molar-refractivity contribution in [3.05, 3.63) is 29.6 Å². The summed E-state index contributed by atoms with van der Waals surface area (Å²) in [4.78, 5) is 12.3. The molecule has 100 valence electrons. The number of halogens is 1. The van der Waals surface area contributed by atoms with Crippen molar-refractivity contribution in [3.8, 4) is 6.07 Å². The van der Waals surface area contributed by atoms with Crippen LogP contribution < -0.4 is 10.6 Å². The summed E-state index contributed by atoms with van der Waals surface area (Å²) in [7, 11) is 0. The van der Waals surface area contributed by atoms with Gasteiger partial charge in [-0.2, -0.15) is 5.26 Å². The highest BCUT2D eigenvalue weighted by atomic mass is 19.1. The fourth-order valence-electron chi connectivity index (χ4n) is 2.25. The van der Waals surface area contributed by atoms with Crippen LogP contribution in [0.1, 0.15) is 31.7 Å². The van der Waals surface area contributed by atoms with E-state index < -0.39 is 11.4 Å². The molecule has 1 heterocycles. The Balaban J connectivity index is 2.20. The second-order valence-electron chi connectivity index (χ2n) is 4.94. The van der Waals surface area contributed by atoms with Crippen LogP contribution in [0, 0.1) is 17.1 Å². The third kappa shape index (κ3) is 2.74. The van der Waals surface area contributed by atoms with E-state index in [1.165, 1.54) is 18.2 Å². The van der Waals surface area contributed by atoms with Gasteiger partial charge in [-0.15, -0.1) is 0 Å². The molecule has 1 atom stereocenters. The summed E-state index contributed by atoms with van der Waals surface area (Å²) in [6, 6.07) is 5.99. The zero-order valence-electron chi connectivity index (χ0n) is 10.8. The Morgan fingerprint density at radius 3 is 2.95 bits per heavy atom. The first-order chi connectivity index (χ1) is 9.07. The second-order valence-corrected chi connectivity index (χ2v) is 4.94. The van der Waals surface area contributed by atoms with Crippen LogP contribution in [0.15, 0.2) is 18.2 Å². The number of hydrogen-bond acceptors (Lipinski definition) is 3. The molecule has 5 heteroatoms. The smallest absolute Gasteiger partial charge is 0.244 e. The average molecular weight is 261 g/mol. The molecule has 1 aliphatic rings. The van der Waals surface area contributed by atoms with Crippen molar-refractivity contribution in [2.45, 2.75) is 31.7 Å². The molecule has 1 saturated heterocycles. The number of nitriles is 1. The first-order valence-electron chi connectivity index (χ1n) is 6.32. The number of amides is 1. The molecule has 0 aliphatic carbocycles. The molecule has 1 aromatic carbocycles. The molecule has 0 saturated carbocycles. The van der Waals surface area contributed by atoms with Gasteiger partial charge >= 0.3 is 0 Å². The van der Waals surface area contributed by atoms with E-state index in [2.05, 4.69) is 10.6 Å². The minimum Gasteiger partial charge on any atom is -0.323 e. The third-order valence-corrected chi connectivity index (χ3v) is 3.49. The van der Waals surface area contributed by atoms with Gasteiger partial charge in [0.1, 0.15) is 17.4 Å². The molecule has 1 amide bonds. The van der Waals surface area contributed by atoms with Crippen LogP contribution in [-0.2, 0) is 4.79 Å². The predicted molar refractivity (Wildman–Crippen MR) is 70.0 cm³/mol. The zero-order chi connectivity index (χ0) is 13.9. The largest absolute Gasteiger partial charge is 0.323 e. The molecule has 1 aliphatic heterocycles. The van der Waals surface area contributed by atoms with Crippen molar-refractivity contribution >= 4 is 11.6 Å². The molecule has 2 N–H and O–H groups in total. The number of nitrogens with zero attached hydrogens (tertiary/aromatic N) is 1. The summed E-state index contributed by atoms with van der Waals surface area (Å²) in [5, 5.41) is 14.8. The number of carbonyl (C=O) groups is 1. The molecule has 0 aromatic heterocycles. The molecule has 19 heavy (non-hydrogen) atoms. The highest BCUT2D eigenvalue weighted by Gasteiger charge is 2.34. The Morgan fingerprint density at radius 2 is 2.32 bits per heavy atom. The van der Waals surface area contributed by atoms with Gasteiger partial charge in [-0.3, -0.25) is 4.79 Å². The zero-order valence-corrected chi connectivity index (χ0v) is 10.8. The van der Waals surface area contributed by atoms with E-state index in [9.17, 15) is 9.18 Å². The van der Waals surface area contributed by atoms with Crippen molar-refractivity contribution in [1.82, 2.24) is 5.32 Å². The Hall–Kier alpha value is -1.93. The maximum atomic E-state index is 13.4. The lowest BCUT2D eigenvalue weighted by Gasteiger charge is -2.33. The van der Waals surface area contributed by atoms with Crippen LogP contribution in [0.3, 0.4) is 0 Å². The lowest BCUT2D eigenvalue weighted by atomic mass is 9.90. The van der Waals surface area contributed by atoms with Gasteiger partial charge in [0.05, 0.1) is 11.2 Å². The van der Waals surface area contributed by atoms with Gasteiger partial charge in [-0.05, 0) is 44.9 Å². The Labute approximate surface area is 111 Å².